The zero-order valence-corrected chi connectivity index (χ0v) is 19.1. The lowest BCUT2D eigenvalue weighted by molar-refractivity contribution is 0.0951. The van der Waals surface area contributed by atoms with Crippen LogP contribution < -0.4 is 21.3 Å². The van der Waals surface area contributed by atoms with Crippen LogP contribution in [0.3, 0.4) is 0 Å². The van der Waals surface area contributed by atoms with Gasteiger partial charge in [-0.3, -0.25) is 4.79 Å². The Morgan fingerprint density at radius 3 is 2.74 bits per heavy atom. The summed E-state index contributed by atoms with van der Waals surface area (Å²) in [7, 11) is 0. The molecule has 2 aliphatic carbocycles. The normalized spacial score (nSPS) is 17.4. The Kier molecular flexibility index (Phi) is 5.58. The molecule has 0 radical (unpaired) electrons. The quantitative estimate of drug-likeness (QED) is 0.424. The lowest BCUT2D eigenvalue weighted by Crippen LogP contribution is -2.26. The summed E-state index contributed by atoms with van der Waals surface area (Å²) in [6.07, 6.45) is 8.26. The first-order valence-electron chi connectivity index (χ1n) is 12.2. The fourth-order valence-electron chi connectivity index (χ4n) is 4.45. The van der Waals surface area contributed by atoms with E-state index in [2.05, 4.69) is 49.4 Å². The molecule has 2 aromatic heterocycles. The van der Waals surface area contributed by atoms with Gasteiger partial charge in [0.2, 0.25) is 5.95 Å². The predicted molar refractivity (Wildman–Crippen MR) is 132 cm³/mol. The van der Waals surface area contributed by atoms with Gasteiger partial charge in [-0.25, -0.2) is 9.97 Å². The van der Waals surface area contributed by atoms with Gasteiger partial charge in [-0.05, 0) is 74.0 Å². The fraction of sp³-hybridized carbons (Fsp3) is 0.385. The number of rotatable bonds is 7. The van der Waals surface area contributed by atoms with E-state index in [4.69, 9.17) is 4.98 Å². The van der Waals surface area contributed by atoms with Gasteiger partial charge in [0.25, 0.3) is 5.91 Å². The van der Waals surface area contributed by atoms with Crippen molar-refractivity contribution in [2.24, 2.45) is 0 Å². The standard InChI is InChI=1S/C26H29N7O/c34-25(29-19-9-10-19)21-15-28-26(30-20-8-7-18-14-27-12-11-17(18)13-20)33-24(21)32-23-6-2-5-22(31-23)16-3-1-4-16/h2,5-8,13,15-16,19,27H,1,3-4,9-12,14H2,(H,29,34)(H2,28,30,31,32,33). The predicted octanol–water partition coefficient (Wildman–Crippen LogP) is 4.16. The summed E-state index contributed by atoms with van der Waals surface area (Å²) in [6.45, 7) is 1.89. The topological polar surface area (TPSA) is 104 Å². The van der Waals surface area contributed by atoms with Crippen molar-refractivity contribution in [1.29, 1.82) is 0 Å². The number of aromatic nitrogens is 3. The molecule has 3 aromatic rings. The van der Waals surface area contributed by atoms with Crippen molar-refractivity contribution in [3.8, 4) is 0 Å². The number of pyridine rings is 1. The van der Waals surface area contributed by atoms with Crippen LogP contribution in [0.5, 0.6) is 0 Å². The van der Waals surface area contributed by atoms with Crippen LogP contribution in [0.15, 0.2) is 42.6 Å². The van der Waals surface area contributed by atoms with Crippen LogP contribution in [0.2, 0.25) is 0 Å². The first kappa shape index (κ1) is 21.0. The average molecular weight is 456 g/mol. The molecule has 0 spiro atoms. The van der Waals surface area contributed by atoms with Crippen molar-refractivity contribution in [3.63, 3.8) is 0 Å². The minimum atomic E-state index is -0.159. The lowest BCUT2D eigenvalue weighted by atomic mass is 9.83. The van der Waals surface area contributed by atoms with Gasteiger partial charge < -0.3 is 21.3 Å². The molecule has 34 heavy (non-hydrogen) atoms. The van der Waals surface area contributed by atoms with E-state index in [0.29, 0.717) is 29.1 Å². The van der Waals surface area contributed by atoms with Crippen LogP contribution in [-0.2, 0) is 13.0 Å². The highest BCUT2D eigenvalue weighted by molar-refractivity contribution is 5.99. The summed E-state index contributed by atoms with van der Waals surface area (Å²) in [5.74, 6) is 1.95. The van der Waals surface area contributed by atoms with Crippen molar-refractivity contribution in [1.82, 2.24) is 25.6 Å². The number of amides is 1. The van der Waals surface area contributed by atoms with Gasteiger partial charge in [-0.1, -0.05) is 18.6 Å². The molecule has 0 unspecified atom stereocenters. The molecule has 3 aliphatic rings. The number of benzene rings is 1. The molecule has 0 bridgehead atoms. The largest absolute Gasteiger partial charge is 0.349 e. The summed E-state index contributed by atoms with van der Waals surface area (Å²) in [6, 6.07) is 12.6. The number of hydrogen-bond donors (Lipinski definition) is 4. The lowest BCUT2D eigenvalue weighted by Gasteiger charge is -2.25. The van der Waals surface area contributed by atoms with Crippen LogP contribution in [0.1, 0.15) is 65.2 Å². The summed E-state index contributed by atoms with van der Waals surface area (Å²) < 4.78 is 0. The summed E-state index contributed by atoms with van der Waals surface area (Å²) in [5, 5.41) is 13.0. The molecule has 174 valence electrons. The van der Waals surface area contributed by atoms with Gasteiger partial charge >= 0.3 is 0 Å². The van der Waals surface area contributed by atoms with Crippen LogP contribution in [-0.4, -0.2) is 33.4 Å². The second-order valence-corrected chi connectivity index (χ2v) is 9.44. The average Bonchev–Trinajstić information content (AvgIpc) is 3.62. The Hall–Kier alpha value is -3.52. The van der Waals surface area contributed by atoms with E-state index >= 15 is 0 Å². The number of nitrogens with one attached hydrogen (secondary N) is 4. The van der Waals surface area contributed by atoms with E-state index in [1.54, 1.807) is 6.20 Å². The highest BCUT2D eigenvalue weighted by Crippen LogP contribution is 2.36. The number of hydrogen-bond acceptors (Lipinski definition) is 7. The van der Waals surface area contributed by atoms with Crippen LogP contribution in [0, 0.1) is 0 Å². The summed E-state index contributed by atoms with van der Waals surface area (Å²) >= 11 is 0. The number of carbonyl (C=O) groups excluding carboxylic acids is 1. The monoisotopic (exact) mass is 455 g/mol. The van der Waals surface area contributed by atoms with Gasteiger partial charge in [0, 0.05) is 36.1 Å². The summed E-state index contributed by atoms with van der Waals surface area (Å²) in [5.41, 5.74) is 5.11. The van der Waals surface area contributed by atoms with Crippen molar-refractivity contribution in [2.45, 2.75) is 57.0 Å². The number of carbonyl (C=O) groups is 1. The Morgan fingerprint density at radius 1 is 1.00 bits per heavy atom. The van der Waals surface area contributed by atoms with Gasteiger partial charge in [0.05, 0.1) is 0 Å². The van der Waals surface area contributed by atoms with Crippen LogP contribution in [0.25, 0.3) is 0 Å². The molecule has 0 atom stereocenters. The van der Waals surface area contributed by atoms with E-state index in [-0.39, 0.29) is 11.9 Å². The molecule has 0 saturated heterocycles. The zero-order chi connectivity index (χ0) is 22.9. The molecule has 6 rings (SSSR count). The molecule has 1 aromatic carbocycles. The van der Waals surface area contributed by atoms with Gasteiger partial charge in [0.15, 0.2) is 0 Å². The van der Waals surface area contributed by atoms with Gasteiger partial charge in [-0.2, -0.15) is 4.98 Å². The second-order valence-electron chi connectivity index (χ2n) is 9.44. The highest BCUT2D eigenvalue weighted by Gasteiger charge is 2.26. The molecular weight excluding hydrogens is 426 g/mol. The maximum absolute atomic E-state index is 12.9. The molecule has 2 saturated carbocycles. The number of anilines is 4. The van der Waals surface area contributed by atoms with Crippen molar-refractivity contribution in [2.75, 3.05) is 17.2 Å². The molecule has 3 heterocycles. The zero-order valence-electron chi connectivity index (χ0n) is 19.1. The smallest absolute Gasteiger partial charge is 0.256 e. The third-order valence-corrected chi connectivity index (χ3v) is 6.84. The molecule has 2 fully saturated rings. The third kappa shape index (κ3) is 4.59. The first-order valence-corrected chi connectivity index (χ1v) is 12.2. The van der Waals surface area contributed by atoms with Crippen LogP contribution in [0.4, 0.5) is 23.3 Å². The Bertz CT molecular complexity index is 1220. The van der Waals surface area contributed by atoms with Crippen molar-refractivity contribution >= 4 is 29.2 Å². The Morgan fingerprint density at radius 2 is 1.91 bits per heavy atom. The molecular formula is C26H29N7O. The maximum Gasteiger partial charge on any atom is 0.256 e. The Balaban J connectivity index is 1.28. The minimum absolute atomic E-state index is 0.159. The van der Waals surface area contributed by atoms with E-state index in [1.807, 2.05) is 18.2 Å². The summed E-state index contributed by atoms with van der Waals surface area (Å²) in [4.78, 5) is 26.8. The molecule has 8 heteroatoms. The third-order valence-electron chi connectivity index (χ3n) is 6.84. The van der Waals surface area contributed by atoms with Crippen molar-refractivity contribution in [3.05, 3.63) is 65.0 Å². The first-order chi connectivity index (χ1) is 16.7. The molecule has 1 aliphatic heterocycles. The Labute approximate surface area is 199 Å². The number of fused-ring (bicyclic) bond motifs is 1. The maximum atomic E-state index is 12.9. The van der Waals surface area contributed by atoms with E-state index in [1.165, 1.54) is 30.4 Å². The number of nitrogens with zero attached hydrogens (tertiary/aromatic N) is 3. The molecule has 1 amide bonds. The van der Waals surface area contributed by atoms with E-state index in [9.17, 15) is 4.79 Å². The van der Waals surface area contributed by atoms with E-state index < -0.39 is 0 Å². The minimum Gasteiger partial charge on any atom is -0.349 e. The van der Waals surface area contributed by atoms with E-state index in [0.717, 1.165) is 43.7 Å². The fourth-order valence-corrected chi connectivity index (χ4v) is 4.45. The second kappa shape index (κ2) is 9.02. The SMILES string of the molecule is O=C(NC1CC1)c1cnc(Nc2ccc3c(c2)CCNC3)nc1Nc1cccc(C2CCC2)n1. The van der Waals surface area contributed by atoms with Gasteiger partial charge in [0.1, 0.15) is 17.2 Å². The van der Waals surface area contributed by atoms with Crippen LogP contribution >= 0.6 is 0 Å². The van der Waals surface area contributed by atoms with Crippen molar-refractivity contribution < 1.29 is 4.79 Å². The molecule has 8 nitrogen and oxygen atoms in total. The molecule has 4 N–H and O–H groups in total. The van der Waals surface area contributed by atoms with Gasteiger partial charge in [-0.15, -0.1) is 0 Å². The highest BCUT2D eigenvalue weighted by atomic mass is 16.1.